The normalized spacial score (nSPS) is 11.9. The van der Waals surface area contributed by atoms with Crippen molar-refractivity contribution in [3.63, 3.8) is 0 Å². The first-order valence-electron chi connectivity index (χ1n) is 6.66. The Balaban J connectivity index is 1.76. The fourth-order valence-electron chi connectivity index (χ4n) is 1.67. The van der Waals surface area contributed by atoms with Crippen LogP contribution in [0.15, 0.2) is 30.3 Å². The Morgan fingerprint density at radius 3 is 2.90 bits per heavy atom. The van der Waals surface area contributed by atoms with E-state index in [4.69, 9.17) is 4.74 Å². The second kappa shape index (κ2) is 7.70. The number of nitrogens with zero attached hydrogens (tertiary/aromatic N) is 2. The Morgan fingerprint density at radius 2 is 2.19 bits per heavy atom. The largest absolute Gasteiger partial charge is 0.491 e. The molecule has 0 aliphatic rings. The van der Waals surface area contributed by atoms with E-state index in [0.29, 0.717) is 22.7 Å². The molecule has 2 aromatic rings. The van der Waals surface area contributed by atoms with Gasteiger partial charge in [-0.15, -0.1) is 5.10 Å². The molecule has 7 heteroatoms. The maximum absolute atomic E-state index is 11.9. The summed E-state index contributed by atoms with van der Waals surface area (Å²) in [5.41, 5.74) is 0.674. The lowest BCUT2D eigenvalue weighted by atomic mass is 10.3. The van der Waals surface area contributed by atoms with Gasteiger partial charge in [0.2, 0.25) is 0 Å². The van der Waals surface area contributed by atoms with E-state index in [2.05, 4.69) is 14.9 Å². The number of aliphatic hydroxyl groups excluding tert-OH is 1. The maximum Gasteiger partial charge on any atom is 0.265 e. The van der Waals surface area contributed by atoms with Gasteiger partial charge in [0, 0.05) is 6.54 Å². The van der Waals surface area contributed by atoms with Crippen LogP contribution in [0.5, 0.6) is 5.75 Å². The predicted molar refractivity (Wildman–Crippen MR) is 79.6 cm³/mol. The minimum atomic E-state index is -0.778. The van der Waals surface area contributed by atoms with Crippen LogP contribution in [0.25, 0.3) is 0 Å². The molecule has 1 heterocycles. The van der Waals surface area contributed by atoms with Crippen LogP contribution in [0.4, 0.5) is 0 Å². The Labute approximate surface area is 126 Å². The highest BCUT2D eigenvalue weighted by Gasteiger charge is 2.16. The highest BCUT2D eigenvalue weighted by molar-refractivity contribution is 7.08. The van der Waals surface area contributed by atoms with Crippen molar-refractivity contribution in [1.29, 1.82) is 0 Å². The number of nitrogens with one attached hydrogen (secondary N) is 1. The van der Waals surface area contributed by atoms with Crippen LogP contribution in [-0.4, -0.2) is 39.9 Å². The molecule has 1 amide bonds. The molecule has 1 aromatic carbocycles. The molecule has 0 aliphatic carbocycles. The van der Waals surface area contributed by atoms with E-state index in [1.165, 1.54) is 0 Å². The molecule has 2 rings (SSSR count). The molecule has 0 unspecified atom stereocenters. The highest BCUT2D eigenvalue weighted by Crippen LogP contribution is 2.11. The molecular formula is C14H17N3O3S. The van der Waals surface area contributed by atoms with Crippen LogP contribution in [0.1, 0.15) is 22.3 Å². The number of para-hydroxylation sites is 1. The molecule has 112 valence electrons. The van der Waals surface area contributed by atoms with Crippen LogP contribution in [0.2, 0.25) is 0 Å². The summed E-state index contributed by atoms with van der Waals surface area (Å²) in [4.78, 5) is 12.4. The van der Waals surface area contributed by atoms with E-state index in [1.54, 1.807) is 0 Å². The van der Waals surface area contributed by atoms with E-state index in [9.17, 15) is 9.90 Å². The van der Waals surface area contributed by atoms with Gasteiger partial charge in [-0.05, 0) is 30.1 Å². The summed E-state index contributed by atoms with van der Waals surface area (Å²) in [5, 5.41) is 16.4. The summed E-state index contributed by atoms with van der Waals surface area (Å²) in [6, 6.07) is 9.21. The molecule has 21 heavy (non-hydrogen) atoms. The van der Waals surface area contributed by atoms with Gasteiger partial charge in [-0.2, -0.15) is 0 Å². The van der Waals surface area contributed by atoms with Crippen LogP contribution < -0.4 is 10.1 Å². The average Bonchev–Trinajstić information content (AvgIpc) is 3.00. The summed E-state index contributed by atoms with van der Waals surface area (Å²) >= 11 is 1.06. The first-order valence-corrected chi connectivity index (χ1v) is 7.43. The van der Waals surface area contributed by atoms with E-state index in [1.807, 2.05) is 37.3 Å². The average molecular weight is 307 g/mol. The number of hydrogen-bond acceptors (Lipinski definition) is 6. The zero-order valence-electron chi connectivity index (χ0n) is 11.7. The maximum atomic E-state index is 11.9. The molecular weight excluding hydrogens is 290 g/mol. The van der Waals surface area contributed by atoms with Crippen molar-refractivity contribution in [2.45, 2.75) is 19.4 Å². The lowest BCUT2D eigenvalue weighted by molar-refractivity contribution is 0.0846. The lowest BCUT2D eigenvalue weighted by Crippen LogP contribution is -2.35. The Kier molecular flexibility index (Phi) is 5.65. The number of aromatic nitrogens is 2. The zero-order valence-corrected chi connectivity index (χ0v) is 12.5. The number of carbonyl (C=O) groups excluding carboxylic acids is 1. The first-order chi connectivity index (χ1) is 10.2. The van der Waals surface area contributed by atoms with E-state index >= 15 is 0 Å². The third-order valence-electron chi connectivity index (χ3n) is 2.78. The summed E-state index contributed by atoms with van der Waals surface area (Å²) in [5.74, 6) is 0.420. The number of benzene rings is 1. The molecule has 0 saturated heterocycles. The fraction of sp³-hybridized carbons (Fsp3) is 0.357. The molecule has 0 bridgehead atoms. The van der Waals surface area contributed by atoms with Crippen LogP contribution in [-0.2, 0) is 6.42 Å². The van der Waals surface area contributed by atoms with Crippen molar-refractivity contribution >= 4 is 17.4 Å². The standard InChI is InChI=1S/C14H17N3O3S/c1-2-12-13(21-17-16-12)14(19)15-8-10(18)9-20-11-6-4-3-5-7-11/h3-7,10,18H,2,8-9H2,1H3,(H,15,19)/t10-/m0/s1. The third kappa shape index (κ3) is 4.51. The van der Waals surface area contributed by atoms with Gasteiger partial charge in [0.05, 0.1) is 5.69 Å². The lowest BCUT2D eigenvalue weighted by Gasteiger charge is -2.13. The second-order valence-electron chi connectivity index (χ2n) is 4.39. The van der Waals surface area contributed by atoms with Gasteiger partial charge in [0.1, 0.15) is 23.3 Å². The summed E-state index contributed by atoms with van der Waals surface area (Å²) in [6.07, 6.45) is -0.126. The molecule has 1 aromatic heterocycles. The van der Waals surface area contributed by atoms with E-state index in [0.717, 1.165) is 11.5 Å². The summed E-state index contributed by atoms with van der Waals surface area (Å²) in [6.45, 7) is 2.15. The Bertz CT molecular complexity index is 574. The van der Waals surface area contributed by atoms with Crippen molar-refractivity contribution in [3.8, 4) is 5.75 Å². The number of rotatable bonds is 7. The number of aryl methyl sites for hydroxylation is 1. The Hall–Kier alpha value is -1.99. The monoisotopic (exact) mass is 307 g/mol. The van der Waals surface area contributed by atoms with Gasteiger partial charge in [-0.25, -0.2) is 0 Å². The first kappa shape index (κ1) is 15.4. The van der Waals surface area contributed by atoms with E-state index in [-0.39, 0.29) is 19.1 Å². The molecule has 0 aliphatic heterocycles. The van der Waals surface area contributed by atoms with Crippen molar-refractivity contribution in [3.05, 3.63) is 40.9 Å². The van der Waals surface area contributed by atoms with Crippen LogP contribution in [0, 0.1) is 0 Å². The van der Waals surface area contributed by atoms with Gasteiger partial charge in [-0.1, -0.05) is 29.6 Å². The van der Waals surface area contributed by atoms with Gasteiger partial charge in [0.15, 0.2) is 0 Å². The molecule has 0 saturated carbocycles. The Morgan fingerprint density at radius 1 is 1.43 bits per heavy atom. The van der Waals surface area contributed by atoms with E-state index < -0.39 is 6.10 Å². The molecule has 2 N–H and O–H groups in total. The second-order valence-corrected chi connectivity index (χ2v) is 5.14. The molecule has 6 nitrogen and oxygen atoms in total. The predicted octanol–water partition coefficient (Wildman–Crippen LogP) is 1.27. The number of aliphatic hydroxyl groups is 1. The quantitative estimate of drug-likeness (QED) is 0.805. The molecule has 1 atom stereocenters. The smallest absolute Gasteiger partial charge is 0.265 e. The van der Waals surface area contributed by atoms with Crippen molar-refractivity contribution < 1.29 is 14.6 Å². The zero-order chi connectivity index (χ0) is 15.1. The van der Waals surface area contributed by atoms with Gasteiger partial charge in [0.25, 0.3) is 5.91 Å². The minimum absolute atomic E-state index is 0.117. The number of carbonyl (C=O) groups is 1. The van der Waals surface area contributed by atoms with Gasteiger partial charge in [-0.3, -0.25) is 4.79 Å². The fourth-order valence-corrected chi connectivity index (χ4v) is 2.34. The van der Waals surface area contributed by atoms with Gasteiger partial charge < -0.3 is 15.2 Å². The van der Waals surface area contributed by atoms with Crippen molar-refractivity contribution in [2.24, 2.45) is 0 Å². The molecule has 0 spiro atoms. The molecule has 0 radical (unpaired) electrons. The highest BCUT2D eigenvalue weighted by atomic mass is 32.1. The van der Waals surface area contributed by atoms with Crippen LogP contribution in [0.3, 0.4) is 0 Å². The minimum Gasteiger partial charge on any atom is -0.491 e. The van der Waals surface area contributed by atoms with Gasteiger partial charge >= 0.3 is 0 Å². The molecule has 0 fully saturated rings. The number of hydrogen-bond donors (Lipinski definition) is 2. The number of ether oxygens (including phenoxy) is 1. The van der Waals surface area contributed by atoms with Crippen LogP contribution >= 0.6 is 11.5 Å². The third-order valence-corrected chi connectivity index (χ3v) is 3.55. The van der Waals surface area contributed by atoms with Crippen molar-refractivity contribution in [1.82, 2.24) is 14.9 Å². The SMILES string of the molecule is CCc1nnsc1C(=O)NC[C@H](O)COc1ccccc1. The topological polar surface area (TPSA) is 84.3 Å². The number of amides is 1. The summed E-state index contributed by atoms with van der Waals surface area (Å²) < 4.78 is 9.17. The van der Waals surface area contributed by atoms with Crippen molar-refractivity contribution in [2.75, 3.05) is 13.2 Å². The summed E-state index contributed by atoms with van der Waals surface area (Å²) in [7, 11) is 0.